The summed E-state index contributed by atoms with van der Waals surface area (Å²) in [7, 11) is 0. The monoisotopic (exact) mass is 296 g/mol. The van der Waals surface area contributed by atoms with Crippen molar-refractivity contribution in [2.45, 2.75) is 26.4 Å². The third-order valence-electron chi connectivity index (χ3n) is 3.47. The quantitative estimate of drug-likeness (QED) is 0.718. The minimum atomic E-state index is -0.0736. The van der Waals surface area contributed by atoms with Crippen LogP contribution in [-0.4, -0.2) is 61.4 Å². The maximum atomic E-state index is 11.7. The van der Waals surface area contributed by atoms with Crippen LogP contribution in [0.25, 0.3) is 0 Å². The molecule has 1 amide bonds. The van der Waals surface area contributed by atoms with Gasteiger partial charge >= 0.3 is 0 Å². The number of nitrogens with zero attached hydrogens (tertiary/aromatic N) is 2. The number of morpholine rings is 1. The summed E-state index contributed by atoms with van der Waals surface area (Å²) in [5.41, 5.74) is 0. The van der Waals surface area contributed by atoms with Crippen molar-refractivity contribution in [3.63, 3.8) is 0 Å². The van der Waals surface area contributed by atoms with Gasteiger partial charge in [0.1, 0.15) is 5.76 Å². The van der Waals surface area contributed by atoms with E-state index in [9.17, 15) is 4.79 Å². The van der Waals surface area contributed by atoms with Crippen LogP contribution in [0.5, 0.6) is 0 Å². The van der Waals surface area contributed by atoms with Crippen LogP contribution in [0.15, 0.2) is 10.6 Å². The molecule has 0 spiro atoms. The lowest BCUT2D eigenvalue weighted by atomic mass is 10.2. The smallest absolute Gasteiger partial charge is 0.226 e. The van der Waals surface area contributed by atoms with Gasteiger partial charge in [0.15, 0.2) is 5.82 Å². The Morgan fingerprint density at radius 1 is 1.57 bits per heavy atom. The molecule has 7 nitrogen and oxygen atoms in total. The Kier molecular flexibility index (Phi) is 6.16. The molecular formula is C14H24N4O3. The molecule has 0 saturated carbocycles. The van der Waals surface area contributed by atoms with Gasteiger partial charge in [0.2, 0.25) is 5.91 Å². The van der Waals surface area contributed by atoms with Crippen molar-refractivity contribution >= 4 is 11.7 Å². The lowest BCUT2D eigenvalue weighted by Gasteiger charge is -2.32. The summed E-state index contributed by atoms with van der Waals surface area (Å²) in [5, 5.41) is 9.68. The molecule has 0 radical (unpaired) electrons. The van der Waals surface area contributed by atoms with E-state index in [1.807, 2.05) is 0 Å². The molecule has 118 valence electrons. The van der Waals surface area contributed by atoms with Crippen molar-refractivity contribution < 1.29 is 14.1 Å². The molecule has 1 saturated heterocycles. The van der Waals surface area contributed by atoms with Crippen molar-refractivity contribution in [3.05, 3.63) is 11.8 Å². The third kappa shape index (κ3) is 5.45. The van der Waals surface area contributed by atoms with Gasteiger partial charge in [0.05, 0.1) is 12.7 Å². The summed E-state index contributed by atoms with van der Waals surface area (Å²) in [4.78, 5) is 14.1. The van der Waals surface area contributed by atoms with Gasteiger partial charge in [0.25, 0.3) is 0 Å². The number of rotatable bonds is 7. The maximum absolute atomic E-state index is 11.7. The van der Waals surface area contributed by atoms with Crippen molar-refractivity contribution in [1.29, 1.82) is 0 Å². The highest BCUT2D eigenvalue weighted by Crippen LogP contribution is 2.07. The molecule has 1 unspecified atom stereocenters. The van der Waals surface area contributed by atoms with Crippen LogP contribution in [0.1, 0.15) is 19.1 Å². The first-order valence-corrected chi connectivity index (χ1v) is 7.45. The molecule has 1 aliphatic rings. The Morgan fingerprint density at radius 3 is 3.14 bits per heavy atom. The largest absolute Gasteiger partial charge is 0.374 e. The van der Waals surface area contributed by atoms with Gasteiger partial charge in [-0.3, -0.25) is 9.69 Å². The van der Waals surface area contributed by atoms with Crippen LogP contribution in [0, 0.1) is 6.92 Å². The van der Waals surface area contributed by atoms with Crippen molar-refractivity contribution in [1.82, 2.24) is 15.4 Å². The first-order chi connectivity index (χ1) is 10.2. The molecule has 1 fully saturated rings. The lowest BCUT2D eigenvalue weighted by Crippen LogP contribution is -2.46. The molecule has 0 bridgehead atoms. The predicted octanol–water partition coefficient (Wildman–Crippen LogP) is 0.622. The number of aryl methyl sites for hydroxylation is 1. The fourth-order valence-corrected chi connectivity index (χ4v) is 2.29. The minimum Gasteiger partial charge on any atom is -0.374 e. The standard InChI is InChI=1S/C14H24N4O3/c1-3-18-6-7-20-12(10-18)9-15-5-4-14(19)16-13-8-11(2)21-17-13/h8,12,15H,3-7,9-10H2,1-2H3,(H,16,17,19). The van der Waals surface area contributed by atoms with E-state index in [0.29, 0.717) is 24.5 Å². The number of hydrogen-bond acceptors (Lipinski definition) is 6. The van der Waals surface area contributed by atoms with Crippen molar-refractivity contribution in [2.24, 2.45) is 0 Å². The van der Waals surface area contributed by atoms with E-state index in [1.54, 1.807) is 13.0 Å². The predicted molar refractivity (Wildman–Crippen MR) is 79.2 cm³/mol. The molecule has 7 heteroatoms. The summed E-state index contributed by atoms with van der Waals surface area (Å²) < 4.78 is 10.6. The molecule has 2 rings (SSSR count). The first kappa shape index (κ1) is 15.9. The second-order valence-electron chi connectivity index (χ2n) is 5.21. The van der Waals surface area contributed by atoms with Crippen LogP contribution < -0.4 is 10.6 Å². The van der Waals surface area contributed by atoms with E-state index < -0.39 is 0 Å². The molecule has 1 aromatic rings. The Balaban J connectivity index is 1.57. The zero-order valence-electron chi connectivity index (χ0n) is 12.7. The van der Waals surface area contributed by atoms with E-state index in [-0.39, 0.29) is 12.0 Å². The van der Waals surface area contributed by atoms with Gasteiger partial charge in [-0.1, -0.05) is 12.1 Å². The number of anilines is 1. The number of ether oxygens (including phenoxy) is 1. The van der Waals surface area contributed by atoms with Gasteiger partial charge < -0.3 is 19.9 Å². The van der Waals surface area contributed by atoms with Gasteiger partial charge in [0, 0.05) is 38.7 Å². The van der Waals surface area contributed by atoms with E-state index in [4.69, 9.17) is 9.26 Å². The topological polar surface area (TPSA) is 79.6 Å². The van der Waals surface area contributed by atoms with Crippen LogP contribution in [0.3, 0.4) is 0 Å². The molecule has 0 aliphatic carbocycles. The maximum Gasteiger partial charge on any atom is 0.226 e. The second-order valence-corrected chi connectivity index (χ2v) is 5.21. The van der Waals surface area contributed by atoms with E-state index >= 15 is 0 Å². The Bertz CT molecular complexity index is 449. The minimum absolute atomic E-state index is 0.0736. The molecular weight excluding hydrogens is 272 g/mol. The zero-order chi connectivity index (χ0) is 15.1. The summed E-state index contributed by atoms with van der Waals surface area (Å²) in [6.45, 7) is 9.13. The van der Waals surface area contributed by atoms with Gasteiger partial charge in [-0.05, 0) is 13.5 Å². The summed E-state index contributed by atoms with van der Waals surface area (Å²) in [6, 6.07) is 1.69. The van der Waals surface area contributed by atoms with Crippen molar-refractivity contribution in [3.8, 4) is 0 Å². The van der Waals surface area contributed by atoms with Crippen LogP contribution in [0.4, 0.5) is 5.82 Å². The number of hydrogen-bond donors (Lipinski definition) is 2. The molecule has 1 aromatic heterocycles. The van der Waals surface area contributed by atoms with Gasteiger partial charge in [-0.25, -0.2) is 0 Å². The zero-order valence-corrected chi connectivity index (χ0v) is 12.7. The van der Waals surface area contributed by atoms with E-state index in [0.717, 1.165) is 32.8 Å². The fourth-order valence-electron chi connectivity index (χ4n) is 2.29. The first-order valence-electron chi connectivity index (χ1n) is 7.45. The lowest BCUT2D eigenvalue weighted by molar-refractivity contribution is -0.116. The fraction of sp³-hybridized carbons (Fsp3) is 0.714. The third-order valence-corrected chi connectivity index (χ3v) is 3.47. The molecule has 1 atom stereocenters. The van der Waals surface area contributed by atoms with Crippen molar-refractivity contribution in [2.75, 3.05) is 44.6 Å². The summed E-state index contributed by atoms with van der Waals surface area (Å²) in [5.74, 6) is 1.07. The SMILES string of the molecule is CCN1CCOC(CNCCC(=O)Nc2cc(C)on2)C1. The van der Waals surface area contributed by atoms with Gasteiger partial charge in [-0.15, -0.1) is 0 Å². The van der Waals surface area contributed by atoms with Gasteiger partial charge in [-0.2, -0.15) is 0 Å². The van der Waals surface area contributed by atoms with E-state index in [2.05, 4.69) is 27.6 Å². The van der Waals surface area contributed by atoms with E-state index in [1.165, 1.54) is 0 Å². The average Bonchev–Trinajstić information content (AvgIpc) is 2.89. The Labute approximate surface area is 125 Å². The molecule has 1 aliphatic heterocycles. The number of nitrogens with one attached hydrogen (secondary N) is 2. The normalized spacial score (nSPS) is 19.6. The number of likely N-dealkylation sites (N-methyl/N-ethyl adjacent to an activating group) is 1. The van der Waals surface area contributed by atoms with Crippen LogP contribution in [0.2, 0.25) is 0 Å². The molecule has 0 aromatic carbocycles. The van der Waals surface area contributed by atoms with Crippen LogP contribution in [-0.2, 0) is 9.53 Å². The molecule has 21 heavy (non-hydrogen) atoms. The highest BCUT2D eigenvalue weighted by molar-refractivity contribution is 5.89. The van der Waals surface area contributed by atoms with Crippen LogP contribution >= 0.6 is 0 Å². The number of carbonyl (C=O) groups excluding carboxylic acids is 1. The number of carbonyl (C=O) groups is 1. The second kappa shape index (κ2) is 8.11. The number of amides is 1. The highest BCUT2D eigenvalue weighted by atomic mass is 16.5. The Morgan fingerprint density at radius 2 is 2.43 bits per heavy atom. The highest BCUT2D eigenvalue weighted by Gasteiger charge is 2.18. The number of aromatic nitrogens is 1. The molecule has 2 heterocycles. The molecule has 2 N–H and O–H groups in total. The summed E-state index contributed by atoms with van der Waals surface area (Å²) >= 11 is 0. The summed E-state index contributed by atoms with van der Waals surface area (Å²) in [6.07, 6.45) is 0.607. The average molecular weight is 296 g/mol. The Hall–Kier alpha value is -1.44.